The number of pyridine rings is 1. The molecule has 8 nitrogen and oxygen atoms in total. The summed E-state index contributed by atoms with van der Waals surface area (Å²) in [7, 11) is 1.47. The van der Waals surface area contributed by atoms with Gasteiger partial charge in [0.25, 0.3) is 0 Å². The highest BCUT2D eigenvalue weighted by Crippen LogP contribution is 2.40. The van der Waals surface area contributed by atoms with E-state index in [1.165, 1.54) is 7.11 Å². The van der Waals surface area contributed by atoms with Gasteiger partial charge in [0, 0.05) is 30.1 Å². The number of carbonyl (C=O) groups excluding carboxylic acids is 1. The number of ether oxygens (including phenoxy) is 1. The quantitative estimate of drug-likeness (QED) is 0.248. The second-order valence-corrected chi connectivity index (χ2v) is 10.4. The van der Waals surface area contributed by atoms with E-state index in [-0.39, 0.29) is 40.3 Å². The molecule has 37 heavy (non-hydrogen) atoms. The SMILES string of the molecule is COc1cc(-c2ccc3ncc(C(=O)CC(C)C)c(N[C@H]4CC[C@H](NC(=O)O)CC4)c3c2)cc(Cl)c1O. The molecule has 1 saturated carbocycles. The Kier molecular flexibility index (Phi) is 8.07. The van der Waals surface area contributed by atoms with E-state index < -0.39 is 6.09 Å². The molecule has 1 aromatic heterocycles. The first-order valence-electron chi connectivity index (χ1n) is 12.4. The summed E-state index contributed by atoms with van der Waals surface area (Å²) in [4.78, 5) is 28.8. The molecule has 1 amide bonds. The molecule has 1 fully saturated rings. The molecule has 1 aliphatic rings. The smallest absolute Gasteiger partial charge is 0.404 e. The Hall–Kier alpha value is -3.52. The lowest BCUT2D eigenvalue weighted by atomic mass is 9.90. The monoisotopic (exact) mass is 525 g/mol. The fourth-order valence-electron chi connectivity index (χ4n) is 4.88. The number of hydrogen-bond acceptors (Lipinski definition) is 6. The standard InChI is InChI=1S/C28H32ClN3O5/c1-15(2)10-24(33)21-14-30-23-9-4-16(17-12-22(29)27(34)25(13-17)37-3)11-20(23)26(21)31-18-5-7-19(8-6-18)32-28(35)36/h4,9,11-15,18-19,32,34H,5-8,10H2,1-3H3,(H,30,31)(H,35,36)/t18-,19-. The van der Waals surface area contributed by atoms with Gasteiger partial charge in [0.1, 0.15) is 0 Å². The van der Waals surface area contributed by atoms with Gasteiger partial charge in [-0.2, -0.15) is 0 Å². The van der Waals surface area contributed by atoms with Gasteiger partial charge in [0.2, 0.25) is 0 Å². The lowest BCUT2D eigenvalue weighted by Crippen LogP contribution is -2.39. The predicted molar refractivity (Wildman–Crippen MR) is 145 cm³/mol. The van der Waals surface area contributed by atoms with Gasteiger partial charge in [-0.1, -0.05) is 31.5 Å². The van der Waals surface area contributed by atoms with E-state index in [1.807, 2.05) is 32.0 Å². The number of methoxy groups -OCH3 is 1. The van der Waals surface area contributed by atoms with E-state index in [9.17, 15) is 14.7 Å². The van der Waals surface area contributed by atoms with Crippen molar-refractivity contribution in [2.75, 3.05) is 12.4 Å². The molecule has 0 atom stereocenters. The van der Waals surface area contributed by atoms with Gasteiger partial charge < -0.3 is 25.6 Å². The molecule has 3 aromatic rings. The van der Waals surface area contributed by atoms with Crippen molar-refractivity contribution >= 4 is 40.1 Å². The highest BCUT2D eigenvalue weighted by atomic mass is 35.5. The van der Waals surface area contributed by atoms with E-state index >= 15 is 0 Å². The summed E-state index contributed by atoms with van der Waals surface area (Å²) in [5.41, 5.74) is 3.62. The number of phenolic OH excluding ortho intramolecular Hbond substituents is 1. The summed E-state index contributed by atoms with van der Waals surface area (Å²) in [5, 5.41) is 26.4. The molecule has 2 aromatic carbocycles. The number of carboxylic acid groups (broad SMARTS) is 1. The zero-order valence-corrected chi connectivity index (χ0v) is 21.9. The van der Waals surface area contributed by atoms with Crippen LogP contribution in [-0.4, -0.2) is 46.3 Å². The number of anilines is 1. The van der Waals surface area contributed by atoms with Crippen molar-refractivity contribution in [1.29, 1.82) is 0 Å². The average molecular weight is 526 g/mol. The number of fused-ring (bicyclic) bond motifs is 1. The predicted octanol–water partition coefficient (Wildman–Crippen LogP) is 6.49. The molecule has 4 rings (SSSR count). The Morgan fingerprint density at radius 1 is 1.11 bits per heavy atom. The lowest BCUT2D eigenvalue weighted by molar-refractivity contribution is 0.0968. The topological polar surface area (TPSA) is 121 Å². The van der Waals surface area contributed by atoms with Crippen LogP contribution in [0.15, 0.2) is 36.5 Å². The molecule has 9 heteroatoms. The fourth-order valence-corrected chi connectivity index (χ4v) is 5.09. The van der Waals surface area contributed by atoms with Crippen molar-refractivity contribution in [1.82, 2.24) is 10.3 Å². The van der Waals surface area contributed by atoms with Crippen LogP contribution in [0, 0.1) is 5.92 Å². The van der Waals surface area contributed by atoms with Crippen molar-refractivity contribution in [2.24, 2.45) is 5.92 Å². The van der Waals surface area contributed by atoms with Gasteiger partial charge in [-0.3, -0.25) is 9.78 Å². The summed E-state index contributed by atoms with van der Waals surface area (Å²) in [6.45, 7) is 4.02. The number of nitrogens with one attached hydrogen (secondary N) is 2. The summed E-state index contributed by atoms with van der Waals surface area (Å²) in [5.74, 6) is 0.373. The fraction of sp³-hybridized carbons (Fsp3) is 0.393. The van der Waals surface area contributed by atoms with Crippen molar-refractivity contribution in [3.63, 3.8) is 0 Å². The number of nitrogens with zero attached hydrogens (tertiary/aromatic N) is 1. The van der Waals surface area contributed by atoms with Gasteiger partial charge >= 0.3 is 6.09 Å². The second kappa shape index (κ2) is 11.3. The van der Waals surface area contributed by atoms with E-state index in [0.717, 1.165) is 53.4 Å². The Bertz CT molecular complexity index is 1320. The van der Waals surface area contributed by atoms with Crippen LogP contribution in [0.2, 0.25) is 5.02 Å². The number of amides is 1. The zero-order valence-electron chi connectivity index (χ0n) is 21.2. The normalized spacial score (nSPS) is 17.5. The average Bonchev–Trinajstić information content (AvgIpc) is 2.85. The van der Waals surface area contributed by atoms with Gasteiger partial charge in [0.15, 0.2) is 17.3 Å². The third kappa shape index (κ3) is 6.07. The second-order valence-electron chi connectivity index (χ2n) is 9.95. The molecular formula is C28H32ClN3O5. The molecule has 0 bridgehead atoms. The van der Waals surface area contributed by atoms with Crippen LogP contribution in [0.4, 0.5) is 10.5 Å². The number of Topliss-reactive ketones (excluding diaryl/α,β-unsaturated/α-hetero) is 1. The molecule has 0 unspecified atom stereocenters. The minimum atomic E-state index is -1.00. The molecule has 0 saturated heterocycles. The number of rotatable bonds is 8. The number of aromatic nitrogens is 1. The minimum absolute atomic E-state index is 0.0212. The molecule has 1 heterocycles. The molecule has 0 radical (unpaired) electrons. The van der Waals surface area contributed by atoms with Crippen LogP contribution in [-0.2, 0) is 0 Å². The van der Waals surface area contributed by atoms with Crippen LogP contribution in [0.1, 0.15) is 56.3 Å². The van der Waals surface area contributed by atoms with Crippen molar-refractivity contribution in [3.8, 4) is 22.6 Å². The maximum Gasteiger partial charge on any atom is 0.404 e. The van der Waals surface area contributed by atoms with E-state index in [1.54, 1.807) is 18.3 Å². The van der Waals surface area contributed by atoms with E-state index in [2.05, 4.69) is 15.6 Å². The number of ketones is 1. The number of carbonyl (C=O) groups is 2. The van der Waals surface area contributed by atoms with Crippen LogP contribution >= 0.6 is 11.6 Å². The zero-order chi connectivity index (χ0) is 26.7. The highest BCUT2D eigenvalue weighted by molar-refractivity contribution is 6.32. The first kappa shape index (κ1) is 26.5. The van der Waals surface area contributed by atoms with E-state index in [0.29, 0.717) is 12.0 Å². The van der Waals surface area contributed by atoms with Gasteiger partial charge in [-0.15, -0.1) is 0 Å². The Morgan fingerprint density at radius 3 is 2.46 bits per heavy atom. The van der Waals surface area contributed by atoms with Crippen molar-refractivity contribution < 1.29 is 24.5 Å². The van der Waals surface area contributed by atoms with Gasteiger partial charge in [0.05, 0.1) is 28.9 Å². The maximum absolute atomic E-state index is 13.2. The molecule has 1 aliphatic carbocycles. The van der Waals surface area contributed by atoms with Gasteiger partial charge in [-0.25, -0.2) is 4.79 Å². The Labute approximate surface area is 221 Å². The van der Waals surface area contributed by atoms with Crippen LogP contribution < -0.4 is 15.4 Å². The largest absolute Gasteiger partial charge is 0.503 e. The number of phenols is 1. The lowest BCUT2D eigenvalue weighted by Gasteiger charge is -2.30. The van der Waals surface area contributed by atoms with Gasteiger partial charge in [-0.05, 0) is 67.0 Å². The first-order chi connectivity index (χ1) is 17.7. The molecule has 4 N–H and O–H groups in total. The minimum Gasteiger partial charge on any atom is -0.503 e. The third-order valence-corrected chi connectivity index (χ3v) is 7.04. The summed E-state index contributed by atoms with van der Waals surface area (Å²) in [6.07, 6.45) is 4.04. The molecule has 0 spiro atoms. The highest BCUT2D eigenvalue weighted by Gasteiger charge is 2.25. The molecule has 0 aliphatic heterocycles. The van der Waals surface area contributed by atoms with Crippen molar-refractivity contribution in [2.45, 2.75) is 58.0 Å². The molecular weight excluding hydrogens is 494 g/mol. The maximum atomic E-state index is 13.2. The van der Waals surface area contributed by atoms with Crippen LogP contribution in [0.25, 0.3) is 22.0 Å². The van der Waals surface area contributed by atoms with Crippen molar-refractivity contribution in [3.05, 3.63) is 47.1 Å². The van der Waals surface area contributed by atoms with Crippen LogP contribution in [0.3, 0.4) is 0 Å². The number of hydrogen-bond donors (Lipinski definition) is 4. The number of benzene rings is 2. The number of halogens is 1. The summed E-state index contributed by atoms with van der Waals surface area (Å²) in [6, 6.07) is 9.20. The van der Waals surface area contributed by atoms with Crippen LogP contribution in [0.5, 0.6) is 11.5 Å². The number of aromatic hydroxyl groups is 1. The third-order valence-electron chi connectivity index (χ3n) is 6.75. The summed E-state index contributed by atoms with van der Waals surface area (Å²) < 4.78 is 5.27. The first-order valence-corrected chi connectivity index (χ1v) is 12.8. The Balaban J connectivity index is 1.75. The summed E-state index contributed by atoms with van der Waals surface area (Å²) >= 11 is 6.24. The molecule has 196 valence electrons. The van der Waals surface area contributed by atoms with E-state index in [4.69, 9.17) is 21.4 Å². The Morgan fingerprint density at radius 2 is 1.81 bits per heavy atom.